The molecule has 0 radical (unpaired) electrons. The Hall–Kier alpha value is -0.700. The van der Waals surface area contributed by atoms with E-state index < -0.39 is 0 Å². The molecule has 2 bridgehead atoms. The van der Waals surface area contributed by atoms with Crippen LogP contribution in [-0.2, 0) is 4.79 Å². The van der Waals surface area contributed by atoms with Gasteiger partial charge in [-0.3, -0.25) is 9.79 Å². The van der Waals surface area contributed by atoms with Crippen molar-refractivity contribution in [3.63, 3.8) is 0 Å². The molecule has 4 saturated carbocycles. The van der Waals surface area contributed by atoms with Crippen molar-refractivity contribution in [2.24, 2.45) is 28.2 Å². The molecule has 3 nitrogen and oxygen atoms in total. The molecule has 24 heavy (non-hydrogen) atoms. The Kier molecular flexibility index (Phi) is 5.79. The molecule has 0 aromatic carbocycles. The molecule has 0 heterocycles. The molecule has 4 aliphatic rings. The fourth-order valence-corrected chi connectivity index (χ4v) is 5.57. The molecule has 3 heteroatoms. The summed E-state index contributed by atoms with van der Waals surface area (Å²) in [6, 6.07) is 0.938. The number of hydrogen-bond acceptors (Lipinski definition) is 3. The van der Waals surface area contributed by atoms with E-state index in [9.17, 15) is 4.79 Å². The lowest BCUT2D eigenvalue weighted by molar-refractivity contribution is -0.114. The molecule has 4 aliphatic carbocycles. The third kappa shape index (κ3) is 3.76. The van der Waals surface area contributed by atoms with Crippen molar-refractivity contribution in [2.75, 3.05) is 6.54 Å². The van der Waals surface area contributed by atoms with Crippen molar-refractivity contribution >= 4 is 12.0 Å². The Balaban J connectivity index is 1.52. The molecule has 1 N–H and O–H groups in total. The van der Waals surface area contributed by atoms with Crippen LogP contribution in [0.1, 0.15) is 78.6 Å². The van der Waals surface area contributed by atoms with Gasteiger partial charge >= 0.3 is 0 Å². The molecule has 0 amide bonds. The van der Waals surface area contributed by atoms with E-state index in [1.165, 1.54) is 44.9 Å². The van der Waals surface area contributed by atoms with Crippen molar-refractivity contribution < 1.29 is 4.79 Å². The van der Waals surface area contributed by atoms with E-state index in [0.717, 1.165) is 36.7 Å². The van der Waals surface area contributed by atoms with Crippen LogP contribution >= 0.6 is 0 Å². The first-order chi connectivity index (χ1) is 11.5. The third-order valence-electron chi connectivity index (χ3n) is 7.46. The molecule has 0 aliphatic heterocycles. The maximum atomic E-state index is 11.5. The predicted molar refractivity (Wildman–Crippen MR) is 101 cm³/mol. The highest BCUT2D eigenvalue weighted by atomic mass is 16.1. The van der Waals surface area contributed by atoms with E-state index in [2.05, 4.69) is 26.1 Å². The number of fused-ring (bicyclic) bond motifs is 2. The summed E-state index contributed by atoms with van der Waals surface area (Å²) < 4.78 is 0. The second-order valence-corrected chi connectivity index (χ2v) is 9.18. The van der Waals surface area contributed by atoms with Crippen LogP contribution in [0.5, 0.6) is 0 Å². The van der Waals surface area contributed by atoms with Crippen molar-refractivity contribution in [1.29, 1.82) is 0 Å². The van der Waals surface area contributed by atoms with E-state index in [1.807, 2.05) is 0 Å². The molecular weight excluding hydrogens is 296 g/mol. The van der Waals surface area contributed by atoms with E-state index in [-0.39, 0.29) is 0 Å². The molecule has 0 saturated heterocycles. The Bertz CT molecular complexity index is 462. The topological polar surface area (TPSA) is 41.5 Å². The number of carbonyl (C=O) groups is 1. The minimum Gasteiger partial charge on any atom is -0.308 e. The molecule has 0 unspecified atom stereocenters. The third-order valence-corrected chi connectivity index (χ3v) is 7.46. The van der Waals surface area contributed by atoms with Crippen LogP contribution in [0.3, 0.4) is 0 Å². The van der Waals surface area contributed by atoms with Gasteiger partial charge in [-0.25, -0.2) is 0 Å². The van der Waals surface area contributed by atoms with Gasteiger partial charge in [0.1, 0.15) is 0 Å². The highest BCUT2D eigenvalue weighted by Gasteiger charge is 2.55. The van der Waals surface area contributed by atoms with Gasteiger partial charge < -0.3 is 5.32 Å². The fourth-order valence-electron chi connectivity index (χ4n) is 5.57. The van der Waals surface area contributed by atoms with Gasteiger partial charge in [0.05, 0.1) is 11.8 Å². The summed E-state index contributed by atoms with van der Waals surface area (Å²) in [6.45, 7) is 7.93. The number of rotatable bonds is 5. The van der Waals surface area contributed by atoms with Crippen LogP contribution in [0.4, 0.5) is 0 Å². The van der Waals surface area contributed by atoms with Gasteiger partial charge in [0, 0.05) is 12.6 Å². The van der Waals surface area contributed by atoms with Gasteiger partial charge in [-0.15, -0.1) is 0 Å². The second-order valence-electron chi connectivity index (χ2n) is 9.18. The molecular formula is C21H36N2O. The first kappa shape index (κ1) is 18.1. The van der Waals surface area contributed by atoms with Gasteiger partial charge in [0.2, 0.25) is 0 Å². The molecule has 0 aromatic rings. The van der Waals surface area contributed by atoms with Gasteiger partial charge in [-0.1, -0.05) is 52.9 Å². The second kappa shape index (κ2) is 7.68. The summed E-state index contributed by atoms with van der Waals surface area (Å²) in [5.41, 5.74) is 1.27. The Morgan fingerprint density at radius 2 is 1.79 bits per heavy atom. The summed E-state index contributed by atoms with van der Waals surface area (Å²) >= 11 is 0. The van der Waals surface area contributed by atoms with E-state index in [0.29, 0.717) is 30.0 Å². The lowest BCUT2D eigenvalue weighted by Crippen LogP contribution is -2.60. The molecule has 4 rings (SSSR count). The van der Waals surface area contributed by atoms with Crippen LogP contribution in [0.15, 0.2) is 4.99 Å². The minimum absolute atomic E-state index is 0.378. The van der Waals surface area contributed by atoms with Crippen LogP contribution < -0.4 is 5.32 Å². The van der Waals surface area contributed by atoms with E-state index >= 15 is 0 Å². The first-order valence-corrected chi connectivity index (χ1v) is 10.3. The molecule has 136 valence electrons. The predicted octanol–water partition coefficient (Wildman–Crippen LogP) is 4.40. The maximum absolute atomic E-state index is 11.5. The largest absolute Gasteiger partial charge is 0.308 e. The standard InChI is InChI=1S/C21H36N2O/c1-15-19-11-16(21(19,2)3)12-20(15)22-13-18(14-24)23-17-9-7-5-4-6-8-10-17/h14-17,19-20,22H,4-13H2,1-3H3/t15-,16+,19-,20-/m1/s1. The Labute approximate surface area is 148 Å². The van der Waals surface area contributed by atoms with Crippen LogP contribution in [-0.4, -0.2) is 30.6 Å². The van der Waals surface area contributed by atoms with Crippen molar-refractivity contribution in [3.8, 4) is 0 Å². The lowest BCUT2D eigenvalue weighted by Gasteiger charge is -2.62. The minimum atomic E-state index is 0.378. The fraction of sp³-hybridized carbons (Fsp3) is 0.905. The van der Waals surface area contributed by atoms with Gasteiger partial charge in [0.25, 0.3) is 0 Å². The zero-order valence-corrected chi connectivity index (χ0v) is 15.9. The smallest absolute Gasteiger partial charge is 0.165 e. The van der Waals surface area contributed by atoms with Crippen molar-refractivity contribution in [3.05, 3.63) is 0 Å². The summed E-state index contributed by atoms with van der Waals surface area (Å²) in [4.78, 5) is 16.3. The Morgan fingerprint density at radius 3 is 2.38 bits per heavy atom. The van der Waals surface area contributed by atoms with Gasteiger partial charge in [-0.05, 0) is 48.9 Å². The lowest BCUT2D eigenvalue weighted by atomic mass is 9.45. The Morgan fingerprint density at radius 1 is 1.12 bits per heavy atom. The monoisotopic (exact) mass is 332 g/mol. The highest BCUT2D eigenvalue weighted by Crippen LogP contribution is 2.61. The van der Waals surface area contributed by atoms with E-state index in [1.54, 1.807) is 0 Å². The van der Waals surface area contributed by atoms with Crippen molar-refractivity contribution in [2.45, 2.75) is 90.6 Å². The van der Waals surface area contributed by atoms with Gasteiger partial charge in [-0.2, -0.15) is 0 Å². The van der Waals surface area contributed by atoms with Crippen LogP contribution in [0.2, 0.25) is 0 Å². The number of aliphatic imine (C=N–C) groups is 1. The summed E-state index contributed by atoms with van der Waals surface area (Å²) in [5.74, 6) is 2.41. The number of carbonyl (C=O) groups excluding carboxylic acids is 1. The zero-order chi connectivity index (χ0) is 17.2. The zero-order valence-electron chi connectivity index (χ0n) is 15.9. The average molecular weight is 333 g/mol. The molecule has 4 atom stereocenters. The summed E-state index contributed by atoms with van der Waals surface area (Å²) in [7, 11) is 0. The molecule has 4 fully saturated rings. The normalized spacial score (nSPS) is 37.2. The van der Waals surface area contributed by atoms with E-state index in [4.69, 9.17) is 4.99 Å². The van der Waals surface area contributed by atoms with Crippen LogP contribution in [0.25, 0.3) is 0 Å². The number of hydrogen-bond donors (Lipinski definition) is 1. The maximum Gasteiger partial charge on any atom is 0.165 e. The number of nitrogens with zero attached hydrogens (tertiary/aromatic N) is 1. The van der Waals surface area contributed by atoms with Gasteiger partial charge in [0.15, 0.2) is 6.29 Å². The quantitative estimate of drug-likeness (QED) is 0.599. The van der Waals surface area contributed by atoms with Crippen molar-refractivity contribution in [1.82, 2.24) is 5.32 Å². The summed E-state index contributed by atoms with van der Waals surface area (Å²) in [5, 5.41) is 3.68. The van der Waals surface area contributed by atoms with Crippen LogP contribution in [0, 0.1) is 23.2 Å². The summed E-state index contributed by atoms with van der Waals surface area (Å²) in [6.07, 6.45) is 12.6. The molecule has 0 spiro atoms. The average Bonchev–Trinajstić information content (AvgIpc) is 2.53. The highest BCUT2D eigenvalue weighted by molar-refractivity contribution is 6.29. The molecule has 0 aromatic heterocycles. The number of nitrogens with one attached hydrogen (secondary N) is 1. The SMILES string of the molecule is C[C@@H]1[C@H]2C[C@@H](C[C@H]1NCC(C=O)=NC1CCCCCCC1)C2(C)C. The number of aldehydes is 1. The first-order valence-electron chi connectivity index (χ1n) is 10.3.